The van der Waals surface area contributed by atoms with Gasteiger partial charge in [-0.2, -0.15) is 0 Å². The highest BCUT2D eigenvalue weighted by atomic mass is 32.2. The number of amides is 1. The highest BCUT2D eigenvalue weighted by molar-refractivity contribution is 8.01. The van der Waals surface area contributed by atoms with Crippen molar-refractivity contribution < 1.29 is 14.7 Å². The maximum Gasteiger partial charge on any atom is 0.331 e. The summed E-state index contributed by atoms with van der Waals surface area (Å²) in [6.07, 6.45) is 0.753. The summed E-state index contributed by atoms with van der Waals surface area (Å²) in [6.45, 7) is 6.64. The Morgan fingerprint density at radius 3 is 2.80 bits per heavy atom. The van der Waals surface area contributed by atoms with Crippen LogP contribution in [0.4, 0.5) is 0 Å². The van der Waals surface area contributed by atoms with Crippen LogP contribution in [0.15, 0.2) is 11.4 Å². The Labute approximate surface area is 127 Å². The Bertz CT molecular complexity index is 519. The SMILES string of the molecule is CC(C)(C)SCC(=O)N1CCc2sccc2C1C(=O)O. The largest absolute Gasteiger partial charge is 0.479 e. The van der Waals surface area contributed by atoms with E-state index < -0.39 is 12.0 Å². The van der Waals surface area contributed by atoms with Crippen molar-refractivity contribution >= 4 is 35.0 Å². The van der Waals surface area contributed by atoms with Crippen molar-refractivity contribution in [1.29, 1.82) is 0 Å². The first-order valence-electron chi connectivity index (χ1n) is 6.52. The molecule has 1 atom stereocenters. The number of carbonyl (C=O) groups is 2. The number of aliphatic carboxylic acids is 1. The monoisotopic (exact) mass is 313 g/mol. The van der Waals surface area contributed by atoms with Gasteiger partial charge in [0.1, 0.15) is 0 Å². The summed E-state index contributed by atoms with van der Waals surface area (Å²) >= 11 is 3.12. The standard InChI is InChI=1S/C14H19NO3S2/c1-14(2,3)20-8-11(16)15-6-4-10-9(5-7-19-10)12(15)13(17)18/h5,7,12H,4,6,8H2,1-3H3,(H,17,18). The molecule has 0 saturated heterocycles. The Hall–Kier alpha value is -1.01. The Kier molecular flexibility index (Phi) is 4.44. The molecule has 1 aliphatic rings. The lowest BCUT2D eigenvalue weighted by Gasteiger charge is -2.33. The number of carbonyl (C=O) groups excluding carboxylic acids is 1. The van der Waals surface area contributed by atoms with Crippen molar-refractivity contribution in [1.82, 2.24) is 4.90 Å². The van der Waals surface area contributed by atoms with Gasteiger partial charge in [-0.25, -0.2) is 4.79 Å². The number of carboxylic acid groups (broad SMARTS) is 1. The maximum absolute atomic E-state index is 12.3. The molecule has 1 aromatic rings. The molecule has 0 radical (unpaired) electrons. The number of thiophene rings is 1. The lowest BCUT2D eigenvalue weighted by atomic mass is 10.00. The van der Waals surface area contributed by atoms with Gasteiger partial charge in [0.15, 0.2) is 6.04 Å². The lowest BCUT2D eigenvalue weighted by molar-refractivity contribution is -0.150. The molecule has 0 saturated carbocycles. The van der Waals surface area contributed by atoms with Crippen LogP contribution in [-0.2, 0) is 16.0 Å². The second kappa shape index (κ2) is 5.77. The van der Waals surface area contributed by atoms with E-state index in [1.165, 1.54) is 4.90 Å². The molecule has 0 fully saturated rings. The molecule has 1 N–H and O–H groups in total. The molecule has 2 heterocycles. The molecular weight excluding hydrogens is 294 g/mol. The van der Waals surface area contributed by atoms with E-state index in [1.807, 2.05) is 32.2 Å². The van der Waals surface area contributed by atoms with E-state index in [2.05, 4.69) is 0 Å². The van der Waals surface area contributed by atoms with Gasteiger partial charge >= 0.3 is 5.97 Å². The van der Waals surface area contributed by atoms with E-state index in [4.69, 9.17) is 0 Å². The van der Waals surface area contributed by atoms with Crippen molar-refractivity contribution in [3.05, 3.63) is 21.9 Å². The van der Waals surface area contributed by atoms with E-state index in [-0.39, 0.29) is 10.7 Å². The number of fused-ring (bicyclic) bond motifs is 1. The van der Waals surface area contributed by atoms with Crippen molar-refractivity contribution in [2.24, 2.45) is 0 Å². The summed E-state index contributed by atoms with van der Waals surface area (Å²) in [5, 5.41) is 11.4. The van der Waals surface area contributed by atoms with Gasteiger partial charge in [0.05, 0.1) is 5.75 Å². The minimum atomic E-state index is -0.946. The third-order valence-corrected chi connectivity index (χ3v) is 5.40. The van der Waals surface area contributed by atoms with Crippen LogP contribution in [0.3, 0.4) is 0 Å². The van der Waals surface area contributed by atoms with Crippen LogP contribution >= 0.6 is 23.1 Å². The molecule has 6 heteroatoms. The fourth-order valence-electron chi connectivity index (χ4n) is 2.21. The average Bonchev–Trinajstić information content (AvgIpc) is 2.81. The number of thioether (sulfide) groups is 1. The van der Waals surface area contributed by atoms with Gasteiger partial charge in [-0.15, -0.1) is 23.1 Å². The molecule has 110 valence electrons. The van der Waals surface area contributed by atoms with Crippen LogP contribution in [0.1, 0.15) is 37.3 Å². The fourth-order valence-corrected chi connectivity index (χ4v) is 3.84. The zero-order valence-corrected chi connectivity index (χ0v) is 13.5. The second-order valence-electron chi connectivity index (χ2n) is 5.78. The summed E-state index contributed by atoms with van der Waals surface area (Å²) in [5.74, 6) is -0.708. The molecule has 20 heavy (non-hydrogen) atoms. The van der Waals surface area contributed by atoms with E-state index >= 15 is 0 Å². The molecule has 1 amide bonds. The molecule has 2 rings (SSSR count). The third-order valence-electron chi connectivity index (χ3n) is 3.15. The second-order valence-corrected chi connectivity index (χ2v) is 8.58. The predicted molar refractivity (Wildman–Crippen MR) is 82.3 cm³/mol. The summed E-state index contributed by atoms with van der Waals surface area (Å²) in [7, 11) is 0. The molecule has 1 unspecified atom stereocenters. The van der Waals surface area contributed by atoms with Gasteiger partial charge in [-0.1, -0.05) is 20.8 Å². The maximum atomic E-state index is 12.3. The Morgan fingerprint density at radius 2 is 2.20 bits per heavy atom. The zero-order chi connectivity index (χ0) is 14.9. The van der Waals surface area contributed by atoms with E-state index in [0.29, 0.717) is 12.3 Å². The fraction of sp³-hybridized carbons (Fsp3) is 0.571. The molecule has 0 aliphatic carbocycles. The van der Waals surface area contributed by atoms with E-state index in [0.717, 1.165) is 16.9 Å². The molecular formula is C14H19NO3S2. The number of nitrogens with zero attached hydrogens (tertiary/aromatic N) is 1. The molecule has 1 aliphatic heterocycles. The third kappa shape index (κ3) is 3.35. The highest BCUT2D eigenvalue weighted by Gasteiger charge is 2.36. The van der Waals surface area contributed by atoms with Gasteiger partial charge in [-0.05, 0) is 23.4 Å². The molecule has 0 spiro atoms. The number of carboxylic acids is 1. The summed E-state index contributed by atoms with van der Waals surface area (Å²) < 4.78 is -0.00227. The normalized spacial score (nSPS) is 18.8. The summed E-state index contributed by atoms with van der Waals surface area (Å²) in [5.41, 5.74) is 0.780. The Morgan fingerprint density at radius 1 is 1.50 bits per heavy atom. The highest BCUT2D eigenvalue weighted by Crippen LogP contribution is 2.34. The lowest BCUT2D eigenvalue weighted by Crippen LogP contribution is -2.44. The first-order chi connectivity index (χ1) is 9.29. The van der Waals surface area contributed by atoms with Crippen molar-refractivity contribution in [2.45, 2.75) is 38.0 Å². The first-order valence-corrected chi connectivity index (χ1v) is 8.38. The van der Waals surface area contributed by atoms with Crippen molar-refractivity contribution in [3.8, 4) is 0 Å². The van der Waals surface area contributed by atoms with Gasteiger partial charge < -0.3 is 10.0 Å². The molecule has 0 bridgehead atoms. The zero-order valence-electron chi connectivity index (χ0n) is 11.9. The summed E-state index contributed by atoms with van der Waals surface area (Å²) in [6, 6.07) is 1.01. The van der Waals surface area contributed by atoms with Crippen LogP contribution in [0.25, 0.3) is 0 Å². The first kappa shape index (κ1) is 15.4. The minimum Gasteiger partial charge on any atom is -0.479 e. The van der Waals surface area contributed by atoms with Crippen LogP contribution < -0.4 is 0 Å². The summed E-state index contributed by atoms with van der Waals surface area (Å²) in [4.78, 5) is 26.5. The quantitative estimate of drug-likeness (QED) is 0.932. The number of rotatable bonds is 3. The van der Waals surface area contributed by atoms with Gasteiger partial charge in [0, 0.05) is 16.2 Å². The minimum absolute atomic E-state index is 0.00227. The topological polar surface area (TPSA) is 57.6 Å². The van der Waals surface area contributed by atoms with Crippen molar-refractivity contribution in [3.63, 3.8) is 0 Å². The van der Waals surface area contributed by atoms with Gasteiger partial charge in [0.25, 0.3) is 0 Å². The Balaban J connectivity index is 2.15. The van der Waals surface area contributed by atoms with Crippen LogP contribution in [0, 0.1) is 0 Å². The number of hydrogen-bond acceptors (Lipinski definition) is 4. The number of hydrogen-bond donors (Lipinski definition) is 1. The predicted octanol–water partition coefficient (Wildman–Crippen LogP) is 2.79. The molecule has 0 aromatic carbocycles. The molecule has 1 aromatic heterocycles. The van der Waals surface area contributed by atoms with Crippen LogP contribution in [-0.4, -0.2) is 38.9 Å². The smallest absolute Gasteiger partial charge is 0.331 e. The van der Waals surface area contributed by atoms with E-state index in [9.17, 15) is 14.7 Å². The van der Waals surface area contributed by atoms with E-state index in [1.54, 1.807) is 23.1 Å². The van der Waals surface area contributed by atoms with Crippen LogP contribution in [0.5, 0.6) is 0 Å². The molecule has 4 nitrogen and oxygen atoms in total. The van der Waals surface area contributed by atoms with Crippen molar-refractivity contribution in [2.75, 3.05) is 12.3 Å². The van der Waals surface area contributed by atoms with Gasteiger partial charge in [-0.3, -0.25) is 4.79 Å². The van der Waals surface area contributed by atoms with Gasteiger partial charge in [0.2, 0.25) is 5.91 Å². The van der Waals surface area contributed by atoms with Crippen LogP contribution in [0.2, 0.25) is 0 Å². The average molecular weight is 313 g/mol.